The first-order valence-electron chi connectivity index (χ1n) is 15.4. The fraction of sp³-hybridized carbons (Fsp3) is 0.529. The number of hydrogen-bond acceptors (Lipinski definition) is 4. The van der Waals surface area contributed by atoms with Crippen LogP contribution in [-0.2, 0) is 16.1 Å². The molecule has 2 bridgehead atoms. The lowest BCUT2D eigenvalue weighted by Gasteiger charge is -2.41. The van der Waals surface area contributed by atoms with E-state index in [1.807, 2.05) is 18.2 Å². The molecule has 214 valence electrons. The van der Waals surface area contributed by atoms with Crippen molar-refractivity contribution in [3.05, 3.63) is 58.9 Å². The number of esters is 1. The highest BCUT2D eigenvalue weighted by atomic mass is 19.1. The van der Waals surface area contributed by atoms with Crippen molar-refractivity contribution >= 4 is 22.8 Å². The Morgan fingerprint density at radius 2 is 1.73 bits per heavy atom. The molecule has 41 heavy (non-hydrogen) atoms. The summed E-state index contributed by atoms with van der Waals surface area (Å²) >= 11 is 0. The number of amides is 1. The maximum atomic E-state index is 14.9. The highest BCUT2D eigenvalue weighted by Gasteiger charge is 2.65. The monoisotopic (exact) mass is 555 g/mol. The summed E-state index contributed by atoms with van der Waals surface area (Å²) in [6.45, 7) is 2.39. The molecule has 2 aromatic carbocycles. The van der Waals surface area contributed by atoms with Crippen LogP contribution in [0.1, 0.15) is 84.7 Å². The van der Waals surface area contributed by atoms with Gasteiger partial charge in [-0.15, -0.1) is 0 Å². The van der Waals surface area contributed by atoms with Gasteiger partial charge in [-0.3, -0.25) is 4.79 Å². The zero-order valence-electron chi connectivity index (χ0n) is 24.0. The number of nitrogens with zero attached hydrogens (tertiary/aromatic N) is 3. The number of aromatic nitrogens is 1. The number of fused-ring (bicyclic) bond motifs is 9. The largest absolute Gasteiger partial charge is 0.465 e. The molecular formula is C34H38FN3O3. The Balaban J connectivity index is 1.35. The fourth-order valence-electron chi connectivity index (χ4n) is 9.09. The normalized spacial score (nSPS) is 29.0. The van der Waals surface area contributed by atoms with Gasteiger partial charge in [-0.1, -0.05) is 25.3 Å². The number of hydrogen-bond donors (Lipinski definition) is 0. The minimum Gasteiger partial charge on any atom is -0.465 e. The Hall–Kier alpha value is -3.19. The molecule has 4 heterocycles. The van der Waals surface area contributed by atoms with E-state index >= 15 is 0 Å². The molecule has 2 saturated carbocycles. The molecule has 2 unspecified atom stereocenters. The van der Waals surface area contributed by atoms with Crippen LogP contribution < -0.4 is 0 Å². The number of rotatable bonds is 3. The quantitative estimate of drug-likeness (QED) is 0.368. The summed E-state index contributed by atoms with van der Waals surface area (Å²) < 4.78 is 22.4. The van der Waals surface area contributed by atoms with Gasteiger partial charge in [0.05, 0.1) is 23.8 Å². The SMILES string of the molecule is COC(=O)c1ccc2c(C3CCCCC3)c3n(c2c1)C[C@@]1(C(=O)N2C4CCC2CN(C)C4)C[C@H]1c1cc(F)ccc1-3. The molecule has 1 amide bonds. The lowest BCUT2D eigenvalue weighted by molar-refractivity contribution is -0.143. The van der Waals surface area contributed by atoms with Gasteiger partial charge in [0.2, 0.25) is 5.91 Å². The van der Waals surface area contributed by atoms with E-state index < -0.39 is 5.41 Å². The number of benzene rings is 2. The van der Waals surface area contributed by atoms with Crippen molar-refractivity contribution in [3.8, 4) is 11.3 Å². The van der Waals surface area contributed by atoms with Crippen LogP contribution in [0.4, 0.5) is 4.39 Å². The maximum absolute atomic E-state index is 14.9. The lowest BCUT2D eigenvalue weighted by Crippen LogP contribution is -2.57. The molecule has 7 heteroatoms. The summed E-state index contributed by atoms with van der Waals surface area (Å²) in [5.41, 5.74) is 5.38. The van der Waals surface area contributed by atoms with Crippen LogP contribution in [0.2, 0.25) is 0 Å². The van der Waals surface area contributed by atoms with Crippen LogP contribution in [0.15, 0.2) is 36.4 Å². The molecular weight excluding hydrogens is 517 g/mol. The molecule has 3 aliphatic heterocycles. The van der Waals surface area contributed by atoms with Crippen LogP contribution in [0.5, 0.6) is 0 Å². The minimum absolute atomic E-state index is 0.00213. The summed E-state index contributed by atoms with van der Waals surface area (Å²) in [6, 6.07) is 11.6. The van der Waals surface area contributed by atoms with Crippen LogP contribution in [0.25, 0.3) is 22.2 Å². The van der Waals surface area contributed by atoms with E-state index in [0.29, 0.717) is 18.0 Å². The molecule has 4 atom stereocenters. The molecule has 2 aliphatic carbocycles. The van der Waals surface area contributed by atoms with E-state index in [0.717, 1.165) is 72.9 Å². The van der Waals surface area contributed by atoms with Gasteiger partial charge in [-0.05, 0) is 86.5 Å². The van der Waals surface area contributed by atoms with E-state index in [4.69, 9.17) is 4.74 Å². The Labute approximate surface area is 240 Å². The zero-order chi connectivity index (χ0) is 28.0. The molecule has 2 saturated heterocycles. The van der Waals surface area contributed by atoms with Crippen molar-refractivity contribution in [3.63, 3.8) is 0 Å². The first kappa shape index (κ1) is 25.5. The Kier molecular flexibility index (Phi) is 5.70. The van der Waals surface area contributed by atoms with Gasteiger partial charge in [-0.25, -0.2) is 9.18 Å². The Morgan fingerprint density at radius 3 is 2.46 bits per heavy atom. The number of ether oxygens (including phenoxy) is 1. The molecule has 6 nitrogen and oxygen atoms in total. The number of likely N-dealkylation sites (N-methyl/N-ethyl adjacent to an activating group) is 1. The molecule has 1 aromatic heterocycles. The predicted molar refractivity (Wildman–Crippen MR) is 155 cm³/mol. The second-order valence-corrected chi connectivity index (χ2v) is 13.4. The van der Waals surface area contributed by atoms with Gasteiger partial charge in [0.1, 0.15) is 5.82 Å². The van der Waals surface area contributed by atoms with Gasteiger partial charge < -0.3 is 19.1 Å². The van der Waals surface area contributed by atoms with Gasteiger partial charge >= 0.3 is 5.97 Å². The number of halogens is 1. The zero-order valence-corrected chi connectivity index (χ0v) is 24.0. The first-order valence-corrected chi connectivity index (χ1v) is 15.4. The van der Waals surface area contributed by atoms with Crippen molar-refractivity contribution in [2.75, 3.05) is 27.2 Å². The number of methoxy groups -OCH3 is 1. The third kappa shape index (κ3) is 3.70. The number of piperazine rings is 1. The summed E-state index contributed by atoms with van der Waals surface area (Å²) in [5, 5.41) is 1.15. The van der Waals surface area contributed by atoms with Gasteiger partial charge in [0.25, 0.3) is 0 Å². The first-order chi connectivity index (χ1) is 19.9. The average molecular weight is 556 g/mol. The second kappa shape index (κ2) is 9.15. The van der Waals surface area contributed by atoms with E-state index in [1.165, 1.54) is 31.9 Å². The summed E-state index contributed by atoms with van der Waals surface area (Å²) in [4.78, 5) is 32.0. The van der Waals surface area contributed by atoms with Crippen LogP contribution in [0, 0.1) is 11.2 Å². The smallest absolute Gasteiger partial charge is 0.337 e. The standard InChI is InChI=1S/C34H38FN3O3/c1-36-17-23-10-11-24(18-36)38(23)33(40)34-16-28(34)27-15-22(35)9-13-25(27)31-30(20-6-4-3-5-7-20)26-12-8-21(32(39)41-2)14-29(26)37(31)19-34/h8-9,12-15,20,23-24,28H,3-7,10-11,16-19H2,1-2H3/t23?,24?,28-,34-/m0/s1. The summed E-state index contributed by atoms with van der Waals surface area (Å²) in [6.07, 6.45) is 8.75. The van der Waals surface area contributed by atoms with E-state index in [2.05, 4.69) is 27.5 Å². The predicted octanol–water partition coefficient (Wildman–Crippen LogP) is 6.07. The highest BCUT2D eigenvalue weighted by Crippen LogP contribution is 2.66. The molecule has 4 fully saturated rings. The molecule has 8 rings (SSSR count). The van der Waals surface area contributed by atoms with Gasteiger partial charge in [0, 0.05) is 54.1 Å². The van der Waals surface area contributed by atoms with E-state index in [1.54, 1.807) is 12.1 Å². The topological polar surface area (TPSA) is 54.8 Å². The average Bonchev–Trinajstić information content (AvgIpc) is 3.57. The highest BCUT2D eigenvalue weighted by molar-refractivity contribution is 6.00. The molecule has 3 aromatic rings. The van der Waals surface area contributed by atoms with E-state index in [-0.39, 0.29) is 35.7 Å². The minimum atomic E-state index is -0.596. The number of carbonyl (C=O) groups is 2. The fourth-order valence-corrected chi connectivity index (χ4v) is 9.09. The molecule has 0 spiro atoms. The van der Waals surface area contributed by atoms with Gasteiger partial charge in [-0.2, -0.15) is 0 Å². The molecule has 0 radical (unpaired) electrons. The van der Waals surface area contributed by atoms with Crippen molar-refractivity contribution < 1.29 is 18.7 Å². The van der Waals surface area contributed by atoms with Crippen molar-refractivity contribution in [1.82, 2.24) is 14.4 Å². The number of likely N-dealkylation sites (tertiary alicyclic amines) is 1. The van der Waals surface area contributed by atoms with Crippen molar-refractivity contribution in [2.45, 2.75) is 81.8 Å². The van der Waals surface area contributed by atoms with E-state index in [9.17, 15) is 14.0 Å². The van der Waals surface area contributed by atoms with Crippen molar-refractivity contribution in [1.29, 1.82) is 0 Å². The number of carbonyl (C=O) groups excluding carboxylic acids is 2. The second-order valence-electron chi connectivity index (χ2n) is 13.4. The van der Waals surface area contributed by atoms with Crippen LogP contribution >= 0.6 is 0 Å². The summed E-state index contributed by atoms with van der Waals surface area (Å²) in [7, 11) is 3.57. The Morgan fingerprint density at radius 1 is 0.976 bits per heavy atom. The third-order valence-electron chi connectivity index (χ3n) is 11.0. The van der Waals surface area contributed by atoms with Crippen LogP contribution in [-0.4, -0.2) is 65.6 Å². The lowest BCUT2D eigenvalue weighted by atomic mass is 9.81. The molecule has 5 aliphatic rings. The van der Waals surface area contributed by atoms with Crippen LogP contribution in [0.3, 0.4) is 0 Å². The third-order valence-corrected chi connectivity index (χ3v) is 11.0. The Bertz CT molecular complexity index is 1580. The molecule has 0 N–H and O–H groups in total. The summed E-state index contributed by atoms with van der Waals surface area (Å²) in [5.74, 6) is 0.0447. The van der Waals surface area contributed by atoms with Gasteiger partial charge in [0.15, 0.2) is 0 Å². The maximum Gasteiger partial charge on any atom is 0.337 e. The van der Waals surface area contributed by atoms with Crippen molar-refractivity contribution in [2.24, 2.45) is 5.41 Å².